The number of hydrogen-bond acceptors (Lipinski definition) is 5. The number of nitrogens with one attached hydrogen (secondary N) is 1. The van der Waals surface area contributed by atoms with E-state index in [-0.39, 0.29) is 43.6 Å². The van der Waals surface area contributed by atoms with E-state index in [1.165, 1.54) is 0 Å². The van der Waals surface area contributed by atoms with Crippen molar-refractivity contribution in [1.29, 1.82) is 0 Å². The molecule has 2 fully saturated rings. The summed E-state index contributed by atoms with van der Waals surface area (Å²) >= 11 is 0. The molecule has 1 aromatic heterocycles. The summed E-state index contributed by atoms with van der Waals surface area (Å²) in [5.74, 6) is -0.394. The van der Waals surface area contributed by atoms with Crippen LogP contribution in [-0.4, -0.2) is 58.6 Å². The van der Waals surface area contributed by atoms with Gasteiger partial charge >= 0.3 is 18.4 Å². The van der Waals surface area contributed by atoms with Gasteiger partial charge in [0, 0.05) is 19.0 Å². The number of nitrogens with zero attached hydrogens (tertiary/aromatic N) is 3. The van der Waals surface area contributed by atoms with Gasteiger partial charge in [0.15, 0.2) is 5.82 Å². The highest BCUT2D eigenvalue weighted by Crippen LogP contribution is 2.59. The maximum Gasteiger partial charge on any atom is 0.434 e. The summed E-state index contributed by atoms with van der Waals surface area (Å²) in [5.41, 5.74) is 0.236. The molecule has 166 valence electrons. The van der Waals surface area contributed by atoms with Crippen molar-refractivity contribution in [2.45, 2.75) is 44.6 Å². The lowest BCUT2D eigenvalue weighted by atomic mass is 9.91. The molecule has 3 rings (SSSR count). The molecule has 30 heavy (non-hydrogen) atoms. The number of rotatable bonds is 3. The summed E-state index contributed by atoms with van der Waals surface area (Å²) in [4.78, 5) is 25.0. The minimum absolute atomic E-state index is 0.102. The van der Waals surface area contributed by atoms with Crippen LogP contribution in [-0.2, 0) is 9.53 Å². The number of anilines is 1. The van der Waals surface area contributed by atoms with Gasteiger partial charge in [-0.2, -0.15) is 31.4 Å². The number of aromatic nitrogens is 2. The number of alkyl halides is 6. The molecule has 1 saturated heterocycles. The van der Waals surface area contributed by atoms with E-state index in [2.05, 4.69) is 20.3 Å². The van der Waals surface area contributed by atoms with E-state index in [9.17, 15) is 35.9 Å². The largest absolute Gasteiger partial charge is 0.434 e. The third-order valence-electron chi connectivity index (χ3n) is 5.39. The fraction of sp³-hybridized carbons (Fsp3) is 0.647. The van der Waals surface area contributed by atoms with E-state index < -0.39 is 30.0 Å². The van der Waals surface area contributed by atoms with Gasteiger partial charge in [0.05, 0.1) is 5.69 Å². The Morgan fingerprint density at radius 3 is 2.23 bits per heavy atom. The molecule has 7 nitrogen and oxygen atoms in total. The van der Waals surface area contributed by atoms with E-state index in [4.69, 9.17) is 0 Å². The van der Waals surface area contributed by atoms with E-state index in [1.807, 2.05) is 0 Å². The third-order valence-corrected chi connectivity index (χ3v) is 5.39. The Hall–Kier alpha value is -2.60. The van der Waals surface area contributed by atoms with Gasteiger partial charge < -0.3 is 15.0 Å². The Bertz CT molecular complexity index is 789. The van der Waals surface area contributed by atoms with Gasteiger partial charge in [-0.1, -0.05) is 0 Å². The molecule has 1 saturated carbocycles. The fourth-order valence-corrected chi connectivity index (χ4v) is 3.58. The molecule has 0 unspecified atom stereocenters. The van der Waals surface area contributed by atoms with Crippen molar-refractivity contribution in [2.75, 3.05) is 18.4 Å². The minimum Gasteiger partial charge on any atom is -0.426 e. The second-order valence-corrected chi connectivity index (χ2v) is 7.50. The third kappa shape index (κ3) is 4.75. The number of halogens is 6. The van der Waals surface area contributed by atoms with Crippen molar-refractivity contribution < 1.29 is 40.7 Å². The average molecular weight is 440 g/mol. The Balaban J connectivity index is 1.53. The quantitative estimate of drug-likeness (QED) is 0.728. The molecule has 2 amide bonds. The van der Waals surface area contributed by atoms with Crippen molar-refractivity contribution in [3.8, 4) is 0 Å². The van der Waals surface area contributed by atoms with Crippen LogP contribution in [0.15, 0.2) is 12.1 Å². The maximum absolute atomic E-state index is 12.5. The van der Waals surface area contributed by atoms with Crippen LogP contribution in [0.5, 0.6) is 0 Å². The number of ether oxygens (including phenoxy) is 1. The molecule has 1 spiro atoms. The van der Waals surface area contributed by atoms with E-state index in [1.54, 1.807) is 19.1 Å². The van der Waals surface area contributed by atoms with Crippen LogP contribution in [0.3, 0.4) is 0 Å². The van der Waals surface area contributed by atoms with Crippen LogP contribution in [0.25, 0.3) is 0 Å². The monoisotopic (exact) mass is 440 g/mol. The predicted octanol–water partition coefficient (Wildman–Crippen LogP) is 3.46. The number of aryl methyl sites for hydroxylation is 1. The zero-order valence-electron chi connectivity index (χ0n) is 15.7. The first-order valence-electron chi connectivity index (χ1n) is 9.02. The van der Waals surface area contributed by atoms with Crippen LogP contribution < -0.4 is 5.32 Å². The molecule has 13 heteroatoms. The van der Waals surface area contributed by atoms with Crippen molar-refractivity contribution in [3.63, 3.8) is 0 Å². The second kappa shape index (κ2) is 7.58. The molecule has 0 bridgehead atoms. The lowest BCUT2D eigenvalue weighted by Crippen LogP contribution is -2.49. The Morgan fingerprint density at radius 1 is 1.13 bits per heavy atom. The molecule has 1 aromatic rings. The summed E-state index contributed by atoms with van der Waals surface area (Å²) in [5, 5.41) is 10.3. The molecule has 2 aliphatic rings. The van der Waals surface area contributed by atoms with Gasteiger partial charge in [-0.15, -0.1) is 5.10 Å². The van der Waals surface area contributed by atoms with E-state index in [0.717, 1.165) is 4.90 Å². The Morgan fingerprint density at radius 2 is 1.73 bits per heavy atom. The maximum atomic E-state index is 12.5. The summed E-state index contributed by atoms with van der Waals surface area (Å²) < 4.78 is 79.0. The topological polar surface area (TPSA) is 84.4 Å². The second-order valence-electron chi connectivity index (χ2n) is 7.50. The van der Waals surface area contributed by atoms with Crippen LogP contribution in [0.1, 0.15) is 25.0 Å². The van der Waals surface area contributed by atoms with Gasteiger partial charge in [-0.3, -0.25) is 4.79 Å². The van der Waals surface area contributed by atoms with Gasteiger partial charge in [-0.25, -0.2) is 4.79 Å². The molecule has 0 radical (unpaired) electrons. The van der Waals surface area contributed by atoms with Gasteiger partial charge in [0.25, 0.3) is 6.10 Å². The van der Waals surface area contributed by atoms with Crippen LogP contribution >= 0.6 is 0 Å². The molecular weight excluding hydrogens is 422 g/mol. The first-order chi connectivity index (χ1) is 13.8. The average Bonchev–Trinajstić information content (AvgIpc) is 3.33. The number of hydrogen-bond donors (Lipinski definition) is 1. The minimum atomic E-state index is -5.76. The van der Waals surface area contributed by atoms with Gasteiger partial charge in [0.1, 0.15) is 0 Å². The zero-order valence-corrected chi connectivity index (χ0v) is 15.7. The van der Waals surface area contributed by atoms with E-state index >= 15 is 0 Å². The molecule has 1 aliphatic heterocycles. The van der Waals surface area contributed by atoms with Crippen molar-refractivity contribution in [3.05, 3.63) is 17.8 Å². The van der Waals surface area contributed by atoms with Crippen LogP contribution in [0, 0.1) is 18.3 Å². The van der Waals surface area contributed by atoms with Crippen molar-refractivity contribution in [2.24, 2.45) is 11.3 Å². The van der Waals surface area contributed by atoms with Crippen molar-refractivity contribution >= 4 is 17.8 Å². The normalized spacial score (nSPS) is 20.9. The fourth-order valence-electron chi connectivity index (χ4n) is 3.58. The van der Waals surface area contributed by atoms with Crippen molar-refractivity contribution in [1.82, 2.24) is 15.1 Å². The van der Waals surface area contributed by atoms with Crippen LogP contribution in [0.2, 0.25) is 0 Å². The highest BCUT2D eigenvalue weighted by Gasteiger charge is 2.61. The van der Waals surface area contributed by atoms with Gasteiger partial charge in [0.2, 0.25) is 5.91 Å². The summed E-state index contributed by atoms with van der Waals surface area (Å²) in [6, 6.07) is 3.26. The first-order valence-corrected chi connectivity index (χ1v) is 9.02. The molecule has 1 atom stereocenters. The highest BCUT2D eigenvalue weighted by molar-refractivity contribution is 5.94. The molecule has 1 N–H and O–H groups in total. The zero-order chi connectivity index (χ0) is 22.3. The lowest BCUT2D eigenvalue weighted by Gasteiger charge is -2.33. The number of carbonyl (C=O) groups is 2. The molecule has 2 heterocycles. The molecular formula is C17H18F6N4O3. The summed E-state index contributed by atoms with van der Waals surface area (Å²) in [6.07, 6.45) is -16.3. The highest BCUT2D eigenvalue weighted by atomic mass is 19.4. The number of likely N-dealkylation sites (tertiary alicyclic amines) is 1. The molecule has 0 aromatic carbocycles. The predicted molar refractivity (Wildman–Crippen MR) is 89.1 cm³/mol. The SMILES string of the molecule is Cc1ccc(NC(=O)[C@H]2CC23CCN(C(=O)OC(C(F)(F)F)C(F)(F)F)CC3)nn1. The van der Waals surface area contributed by atoms with Gasteiger partial charge in [-0.05, 0) is 43.7 Å². The first kappa shape index (κ1) is 22.1. The Kier molecular flexibility index (Phi) is 5.58. The smallest absolute Gasteiger partial charge is 0.426 e. The molecule has 1 aliphatic carbocycles. The number of amides is 2. The Labute approximate surface area is 166 Å². The lowest BCUT2D eigenvalue weighted by molar-refractivity contribution is -0.308. The van der Waals surface area contributed by atoms with E-state index in [0.29, 0.717) is 12.1 Å². The summed E-state index contributed by atoms with van der Waals surface area (Å²) in [7, 11) is 0. The standard InChI is InChI=1S/C17H18F6N4O3/c1-9-2-3-11(26-25-9)24-12(28)10-8-15(10)4-6-27(7-5-15)14(29)30-13(16(18,19)20)17(21,22)23/h2-3,10,13H,4-8H2,1H3,(H,24,26,28)/t10-/m1/s1. The van der Waals surface area contributed by atoms with Crippen LogP contribution in [0.4, 0.5) is 37.0 Å². The number of carbonyl (C=O) groups excluding carboxylic acids is 2. The summed E-state index contributed by atoms with van der Waals surface area (Å²) in [6.45, 7) is 1.53. The number of piperidine rings is 1.